The predicted molar refractivity (Wildman–Crippen MR) is 107 cm³/mol. The van der Waals surface area contributed by atoms with E-state index in [-0.39, 0.29) is 11.0 Å². The molecule has 2 aromatic rings. The van der Waals surface area contributed by atoms with Crippen molar-refractivity contribution in [2.75, 3.05) is 4.90 Å². The summed E-state index contributed by atoms with van der Waals surface area (Å²) in [5.74, 6) is 0. The Balaban J connectivity index is 0.000000758. The lowest BCUT2D eigenvalue weighted by Gasteiger charge is -2.58. The molecule has 130 valence electrons. The molecule has 5 rings (SSSR count). The predicted octanol–water partition coefficient (Wildman–Crippen LogP) is 6.06. The summed E-state index contributed by atoms with van der Waals surface area (Å²) in [4.78, 5) is 4.99. The summed E-state index contributed by atoms with van der Waals surface area (Å²) < 4.78 is 0. The van der Waals surface area contributed by atoms with Gasteiger partial charge in [-0.2, -0.15) is 0 Å². The van der Waals surface area contributed by atoms with Gasteiger partial charge in [0.05, 0.1) is 5.69 Å². The summed E-state index contributed by atoms with van der Waals surface area (Å²) in [6, 6.07) is 15.6. The highest BCUT2D eigenvalue weighted by atomic mass is 15.4. The van der Waals surface area contributed by atoms with E-state index in [0.29, 0.717) is 6.17 Å². The van der Waals surface area contributed by atoms with Crippen LogP contribution in [-0.2, 0) is 5.41 Å². The maximum Gasteiger partial charge on any atom is 0.133 e. The van der Waals surface area contributed by atoms with Gasteiger partial charge in [0.15, 0.2) is 0 Å². The van der Waals surface area contributed by atoms with Crippen LogP contribution in [0.15, 0.2) is 54.9 Å². The van der Waals surface area contributed by atoms with Crippen molar-refractivity contribution < 1.29 is 0 Å². The number of benzene rings is 2. The highest BCUT2D eigenvalue weighted by Gasteiger charge is 2.55. The van der Waals surface area contributed by atoms with E-state index in [9.17, 15) is 0 Å². The van der Waals surface area contributed by atoms with Gasteiger partial charge in [-0.05, 0) is 31.0 Å². The molecule has 0 N–H and O–H groups in total. The molecule has 0 saturated carbocycles. The van der Waals surface area contributed by atoms with Crippen LogP contribution in [0.2, 0.25) is 0 Å². The molecule has 0 amide bonds. The lowest BCUT2D eigenvalue weighted by atomic mass is 9.63. The van der Waals surface area contributed by atoms with E-state index in [1.807, 2.05) is 13.8 Å². The minimum absolute atomic E-state index is 0.0564. The normalized spacial score (nSPS) is 22.7. The topological polar surface area (TPSA) is 6.48 Å². The van der Waals surface area contributed by atoms with Crippen molar-refractivity contribution in [3.8, 4) is 11.1 Å². The lowest BCUT2D eigenvalue weighted by Crippen LogP contribution is -2.60. The molecule has 1 unspecified atom stereocenters. The largest absolute Gasteiger partial charge is 0.346 e. The molecule has 1 atom stereocenters. The Kier molecular flexibility index (Phi) is 3.34. The number of hydrogen-bond acceptors (Lipinski definition) is 2. The zero-order valence-electron chi connectivity index (χ0n) is 16.2. The second kappa shape index (κ2) is 5.14. The second-order valence-corrected chi connectivity index (χ2v) is 7.95. The quantitative estimate of drug-likeness (QED) is 0.579. The Bertz CT molecular complexity index is 860. The Morgan fingerprint density at radius 2 is 1.48 bits per heavy atom. The van der Waals surface area contributed by atoms with Crippen molar-refractivity contribution in [2.24, 2.45) is 0 Å². The van der Waals surface area contributed by atoms with E-state index in [0.717, 1.165) is 0 Å². The van der Waals surface area contributed by atoms with Gasteiger partial charge in [0.1, 0.15) is 6.17 Å². The first-order valence-corrected chi connectivity index (χ1v) is 9.42. The van der Waals surface area contributed by atoms with Crippen LogP contribution in [0.5, 0.6) is 0 Å². The molecule has 2 aromatic carbocycles. The van der Waals surface area contributed by atoms with Crippen LogP contribution in [0.3, 0.4) is 0 Å². The monoisotopic (exact) mass is 332 g/mol. The van der Waals surface area contributed by atoms with Crippen molar-refractivity contribution in [3.63, 3.8) is 0 Å². The molecule has 3 heterocycles. The minimum atomic E-state index is 0.0564. The van der Waals surface area contributed by atoms with Crippen molar-refractivity contribution in [1.29, 1.82) is 0 Å². The average Bonchev–Trinajstić information content (AvgIpc) is 3.08. The van der Waals surface area contributed by atoms with E-state index in [2.05, 4.69) is 92.4 Å². The summed E-state index contributed by atoms with van der Waals surface area (Å²) in [6.07, 6.45) is 4.83. The van der Waals surface area contributed by atoms with E-state index in [4.69, 9.17) is 0 Å². The molecule has 0 aliphatic carbocycles. The molecule has 2 nitrogen and oxygen atoms in total. The number of anilines is 1. The van der Waals surface area contributed by atoms with Crippen LogP contribution in [0.1, 0.15) is 58.8 Å². The number of nitrogens with zero attached hydrogens (tertiary/aromatic N) is 2. The zero-order valence-corrected chi connectivity index (χ0v) is 16.2. The first-order chi connectivity index (χ1) is 11.9. The number of para-hydroxylation sites is 1. The van der Waals surface area contributed by atoms with Crippen molar-refractivity contribution in [1.82, 2.24) is 4.90 Å². The smallest absolute Gasteiger partial charge is 0.133 e. The van der Waals surface area contributed by atoms with Gasteiger partial charge in [-0.1, -0.05) is 64.1 Å². The van der Waals surface area contributed by atoms with Crippen LogP contribution < -0.4 is 4.90 Å². The van der Waals surface area contributed by atoms with Crippen LogP contribution in [-0.4, -0.2) is 10.4 Å². The number of fused-ring (bicyclic) bond motifs is 3. The van der Waals surface area contributed by atoms with E-state index < -0.39 is 0 Å². The molecule has 25 heavy (non-hydrogen) atoms. The summed E-state index contributed by atoms with van der Waals surface area (Å²) in [5, 5.41) is 0. The molecular weight excluding hydrogens is 304 g/mol. The molecule has 3 aliphatic heterocycles. The van der Waals surface area contributed by atoms with Gasteiger partial charge in [0.25, 0.3) is 0 Å². The summed E-state index contributed by atoms with van der Waals surface area (Å²) in [5.41, 5.74) is 7.18. The molecule has 3 aliphatic rings. The Morgan fingerprint density at radius 1 is 0.800 bits per heavy atom. The third-order valence-corrected chi connectivity index (χ3v) is 6.60. The summed E-state index contributed by atoms with van der Waals surface area (Å²) >= 11 is 0. The minimum Gasteiger partial charge on any atom is -0.346 e. The Labute approximate surface area is 151 Å². The fourth-order valence-electron chi connectivity index (χ4n) is 4.63. The fraction of sp³-hybridized carbons (Fsp3) is 0.391. The molecular formula is C23H28N2. The van der Waals surface area contributed by atoms with E-state index in [1.54, 1.807) is 0 Å². The van der Waals surface area contributed by atoms with Crippen LogP contribution in [0.25, 0.3) is 11.1 Å². The van der Waals surface area contributed by atoms with Crippen molar-refractivity contribution in [3.05, 3.63) is 66.0 Å². The standard InChI is InChI=1S/C21H22N2.C2H6/c1-20(2)16-10-7-9-15-14-8-5-6-11-17(14)22-12-13-23(21(20,3)4)19(22)18(15)16;1-2/h5-13,19H,1-4H3;1-2H3. The van der Waals surface area contributed by atoms with Gasteiger partial charge in [-0.25, -0.2) is 0 Å². The molecule has 0 fully saturated rings. The average molecular weight is 332 g/mol. The van der Waals surface area contributed by atoms with Crippen LogP contribution in [0.4, 0.5) is 5.69 Å². The second-order valence-electron chi connectivity index (χ2n) is 7.95. The van der Waals surface area contributed by atoms with E-state index >= 15 is 0 Å². The third-order valence-electron chi connectivity index (χ3n) is 6.60. The van der Waals surface area contributed by atoms with Gasteiger partial charge < -0.3 is 9.80 Å². The SMILES string of the molecule is CC.CC1(C)c2cccc3c2C2N(C=CN2C1(C)C)c1ccccc1-3. The van der Waals surface area contributed by atoms with Gasteiger partial charge in [0, 0.05) is 34.5 Å². The van der Waals surface area contributed by atoms with Crippen molar-refractivity contribution >= 4 is 5.69 Å². The number of hydrogen-bond donors (Lipinski definition) is 0. The highest BCUT2D eigenvalue weighted by molar-refractivity contribution is 5.87. The van der Waals surface area contributed by atoms with Gasteiger partial charge in [0.2, 0.25) is 0 Å². The lowest BCUT2D eigenvalue weighted by molar-refractivity contribution is 0.0529. The van der Waals surface area contributed by atoms with Gasteiger partial charge in [-0.15, -0.1) is 0 Å². The number of rotatable bonds is 0. The Morgan fingerprint density at radius 3 is 2.24 bits per heavy atom. The highest BCUT2D eigenvalue weighted by Crippen LogP contribution is 2.59. The first-order valence-electron chi connectivity index (χ1n) is 9.42. The zero-order chi connectivity index (χ0) is 18.0. The summed E-state index contributed by atoms with van der Waals surface area (Å²) in [7, 11) is 0. The van der Waals surface area contributed by atoms with E-state index in [1.165, 1.54) is 27.9 Å². The molecule has 2 heteroatoms. The van der Waals surface area contributed by atoms with Gasteiger partial charge >= 0.3 is 0 Å². The third kappa shape index (κ3) is 1.80. The maximum atomic E-state index is 2.55. The first kappa shape index (κ1) is 16.3. The molecule has 0 saturated heterocycles. The molecule has 0 spiro atoms. The van der Waals surface area contributed by atoms with Gasteiger partial charge in [-0.3, -0.25) is 0 Å². The molecule has 0 bridgehead atoms. The molecule has 0 aromatic heterocycles. The molecule has 0 radical (unpaired) electrons. The Hall–Kier alpha value is -2.22. The van der Waals surface area contributed by atoms with Crippen LogP contribution in [0, 0.1) is 0 Å². The maximum absolute atomic E-state index is 2.55. The summed E-state index contributed by atoms with van der Waals surface area (Å²) in [6.45, 7) is 13.5. The fourth-order valence-corrected chi connectivity index (χ4v) is 4.63. The van der Waals surface area contributed by atoms with Crippen LogP contribution >= 0.6 is 0 Å². The van der Waals surface area contributed by atoms with Crippen molar-refractivity contribution in [2.45, 2.75) is 58.7 Å².